The van der Waals surface area contributed by atoms with Gasteiger partial charge in [-0.2, -0.15) is 4.98 Å². The summed E-state index contributed by atoms with van der Waals surface area (Å²) in [6.45, 7) is 1.10. The van der Waals surface area contributed by atoms with Crippen LogP contribution in [0.3, 0.4) is 0 Å². The zero-order valence-electron chi connectivity index (χ0n) is 15.3. The van der Waals surface area contributed by atoms with Gasteiger partial charge in [0.05, 0.1) is 23.4 Å². The van der Waals surface area contributed by atoms with Gasteiger partial charge in [0, 0.05) is 24.2 Å². The second kappa shape index (κ2) is 7.84. The predicted octanol–water partition coefficient (Wildman–Crippen LogP) is 3.78. The van der Waals surface area contributed by atoms with Crippen LogP contribution in [0.15, 0.2) is 54.6 Å². The molecule has 0 aliphatic heterocycles. The van der Waals surface area contributed by atoms with Crippen LogP contribution in [0.1, 0.15) is 0 Å². The molecule has 0 amide bonds. The average Bonchev–Trinajstić information content (AvgIpc) is 3.05. The number of benzene rings is 2. The van der Waals surface area contributed by atoms with Gasteiger partial charge in [0.15, 0.2) is 5.65 Å². The second-order valence-corrected chi connectivity index (χ2v) is 6.53. The fraction of sp³-hybridized carbons (Fsp3) is 0.150. The van der Waals surface area contributed by atoms with Gasteiger partial charge in [-0.05, 0) is 18.2 Å². The topological polar surface area (TPSA) is 90.9 Å². The van der Waals surface area contributed by atoms with Crippen LogP contribution in [-0.2, 0) is 4.74 Å². The number of nitrogens with zero attached hydrogens (tertiary/aromatic N) is 4. The van der Waals surface area contributed by atoms with Crippen molar-refractivity contribution in [2.75, 3.05) is 31.3 Å². The van der Waals surface area contributed by atoms with Gasteiger partial charge in [-0.15, -0.1) is 5.10 Å². The first-order valence-electron chi connectivity index (χ1n) is 8.78. The molecule has 0 radical (unpaired) electrons. The molecule has 0 saturated carbocycles. The number of methoxy groups -OCH3 is 1. The number of nitrogens with one attached hydrogen (secondary N) is 1. The summed E-state index contributed by atoms with van der Waals surface area (Å²) in [5, 5.41) is 9.01. The fourth-order valence-electron chi connectivity index (χ4n) is 2.97. The van der Waals surface area contributed by atoms with Gasteiger partial charge in [0.25, 0.3) is 0 Å². The molecule has 0 saturated heterocycles. The van der Waals surface area contributed by atoms with Gasteiger partial charge in [-0.1, -0.05) is 48.0 Å². The first kappa shape index (κ1) is 18.2. The molecular formula is C20H19ClN6O. The zero-order chi connectivity index (χ0) is 19.5. The van der Waals surface area contributed by atoms with Crippen molar-refractivity contribution in [2.45, 2.75) is 0 Å². The largest absolute Gasteiger partial charge is 0.383 e. The number of para-hydroxylation sites is 1. The van der Waals surface area contributed by atoms with Crippen molar-refractivity contribution >= 4 is 34.4 Å². The number of fused-ring (bicyclic) bond motifs is 1. The minimum absolute atomic E-state index is 0.442. The summed E-state index contributed by atoms with van der Waals surface area (Å²) in [6.07, 6.45) is 0. The zero-order valence-corrected chi connectivity index (χ0v) is 16.0. The standard InChI is InChI=1S/C20H19ClN6O/c1-28-12-11-23-20-24-17(14-9-5-6-10-15(14)21)16-18(22)27(26-19(16)25-20)13-7-3-2-4-8-13/h2-10H,11-12,22H2,1H3,(H,23,25,26). The highest BCUT2D eigenvalue weighted by molar-refractivity contribution is 6.33. The lowest BCUT2D eigenvalue weighted by molar-refractivity contribution is 0.210. The van der Waals surface area contributed by atoms with Gasteiger partial charge >= 0.3 is 0 Å². The quantitative estimate of drug-likeness (QED) is 0.484. The van der Waals surface area contributed by atoms with Crippen molar-refractivity contribution in [2.24, 2.45) is 0 Å². The van der Waals surface area contributed by atoms with Crippen molar-refractivity contribution in [1.29, 1.82) is 0 Å². The number of nitrogens with two attached hydrogens (primary N) is 1. The Kier molecular flexibility index (Phi) is 5.10. The Bertz CT molecular complexity index is 1110. The number of anilines is 2. The molecule has 7 nitrogen and oxygen atoms in total. The third-order valence-electron chi connectivity index (χ3n) is 4.29. The summed E-state index contributed by atoms with van der Waals surface area (Å²) in [5.74, 6) is 0.900. The van der Waals surface area contributed by atoms with Gasteiger partial charge in [0.2, 0.25) is 5.95 Å². The molecule has 8 heteroatoms. The molecule has 0 spiro atoms. The van der Waals surface area contributed by atoms with Crippen LogP contribution in [0.2, 0.25) is 5.02 Å². The highest BCUT2D eigenvalue weighted by atomic mass is 35.5. The van der Waals surface area contributed by atoms with E-state index in [1.165, 1.54) is 0 Å². The van der Waals surface area contributed by atoms with E-state index in [-0.39, 0.29) is 0 Å². The molecule has 142 valence electrons. The molecule has 0 unspecified atom stereocenters. The number of hydrogen-bond donors (Lipinski definition) is 2. The maximum absolute atomic E-state index is 6.47. The Labute approximate surface area is 167 Å². The van der Waals surface area contributed by atoms with Crippen LogP contribution < -0.4 is 11.1 Å². The van der Waals surface area contributed by atoms with Crippen LogP contribution in [0.25, 0.3) is 28.0 Å². The van der Waals surface area contributed by atoms with Crippen LogP contribution in [0, 0.1) is 0 Å². The van der Waals surface area contributed by atoms with E-state index in [4.69, 9.17) is 22.1 Å². The number of rotatable bonds is 6. The van der Waals surface area contributed by atoms with E-state index in [1.54, 1.807) is 11.8 Å². The van der Waals surface area contributed by atoms with Crippen molar-refractivity contribution in [3.63, 3.8) is 0 Å². The first-order valence-corrected chi connectivity index (χ1v) is 9.16. The molecule has 3 N–H and O–H groups in total. The van der Waals surface area contributed by atoms with E-state index in [0.29, 0.717) is 46.7 Å². The third-order valence-corrected chi connectivity index (χ3v) is 4.62. The number of halogens is 1. The number of hydrogen-bond acceptors (Lipinski definition) is 6. The van der Waals surface area contributed by atoms with Crippen molar-refractivity contribution in [3.8, 4) is 16.9 Å². The summed E-state index contributed by atoms with van der Waals surface area (Å²) in [6, 6.07) is 17.2. The smallest absolute Gasteiger partial charge is 0.225 e. The second-order valence-electron chi connectivity index (χ2n) is 6.13. The summed E-state index contributed by atoms with van der Waals surface area (Å²) >= 11 is 6.45. The molecular weight excluding hydrogens is 376 g/mol. The molecule has 28 heavy (non-hydrogen) atoms. The Morgan fingerprint density at radius 1 is 1.07 bits per heavy atom. The highest BCUT2D eigenvalue weighted by Gasteiger charge is 2.20. The first-order chi connectivity index (χ1) is 13.7. The maximum atomic E-state index is 6.47. The SMILES string of the molecule is COCCNc1nc(-c2ccccc2Cl)c2c(N)n(-c3ccccc3)nc2n1. The third kappa shape index (κ3) is 3.37. The van der Waals surface area contributed by atoms with Gasteiger partial charge in [-0.25, -0.2) is 9.67 Å². The van der Waals surface area contributed by atoms with Gasteiger partial charge in [0.1, 0.15) is 5.82 Å². The summed E-state index contributed by atoms with van der Waals surface area (Å²) < 4.78 is 6.75. The Morgan fingerprint density at radius 2 is 1.82 bits per heavy atom. The van der Waals surface area contributed by atoms with E-state index < -0.39 is 0 Å². The Balaban J connectivity index is 1.94. The number of ether oxygens (including phenoxy) is 1. The minimum Gasteiger partial charge on any atom is -0.383 e. The van der Waals surface area contributed by atoms with E-state index >= 15 is 0 Å². The van der Waals surface area contributed by atoms with Crippen LogP contribution in [0.4, 0.5) is 11.8 Å². The molecule has 0 bridgehead atoms. The Morgan fingerprint density at radius 3 is 2.57 bits per heavy atom. The molecule has 0 atom stereocenters. The maximum Gasteiger partial charge on any atom is 0.225 e. The van der Waals surface area contributed by atoms with Gasteiger partial charge < -0.3 is 15.8 Å². The molecule has 0 fully saturated rings. The monoisotopic (exact) mass is 394 g/mol. The summed E-state index contributed by atoms with van der Waals surface area (Å²) in [7, 11) is 1.64. The van der Waals surface area contributed by atoms with Crippen molar-refractivity contribution in [1.82, 2.24) is 19.7 Å². The summed E-state index contributed by atoms with van der Waals surface area (Å²) in [5.41, 5.74) is 9.21. The van der Waals surface area contributed by atoms with Crippen LogP contribution in [-0.4, -0.2) is 40.0 Å². The molecule has 4 rings (SSSR count). The molecule has 0 aliphatic rings. The van der Waals surface area contributed by atoms with E-state index in [2.05, 4.69) is 20.4 Å². The normalized spacial score (nSPS) is 11.1. The van der Waals surface area contributed by atoms with E-state index in [0.717, 1.165) is 11.3 Å². The van der Waals surface area contributed by atoms with E-state index in [1.807, 2.05) is 54.6 Å². The van der Waals surface area contributed by atoms with Crippen LogP contribution in [0.5, 0.6) is 0 Å². The van der Waals surface area contributed by atoms with E-state index in [9.17, 15) is 0 Å². The lowest BCUT2D eigenvalue weighted by Gasteiger charge is -2.09. The van der Waals surface area contributed by atoms with Crippen molar-refractivity contribution in [3.05, 3.63) is 59.6 Å². The molecule has 4 aromatic rings. The summed E-state index contributed by atoms with van der Waals surface area (Å²) in [4.78, 5) is 9.21. The molecule has 2 heterocycles. The lowest BCUT2D eigenvalue weighted by Crippen LogP contribution is -2.10. The van der Waals surface area contributed by atoms with Gasteiger partial charge in [-0.3, -0.25) is 0 Å². The molecule has 0 aliphatic carbocycles. The highest BCUT2D eigenvalue weighted by Crippen LogP contribution is 2.35. The molecule has 2 aromatic heterocycles. The number of nitrogen functional groups attached to an aromatic ring is 1. The fourth-order valence-corrected chi connectivity index (χ4v) is 3.19. The van der Waals surface area contributed by atoms with Crippen molar-refractivity contribution < 1.29 is 4.74 Å². The molecule has 2 aromatic carbocycles. The number of aromatic nitrogens is 4. The Hall–Kier alpha value is -3.16. The predicted molar refractivity (Wildman–Crippen MR) is 112 cm³/mol. The lowest BCUT2D eigenvalue weighted by atomic mass is 10.1. The average molecular weight is 395 g/mol. The minimum atomic E-state index is 0.442. The van der Waals surface area contributed by atoms with Crippen LogP contribution >= 0.6 is 11.6 Å².